The maximum absolute atomic E-state index is 14.2. The van der Waals surface area contributed by atoms with Gasteiger partial charge >= 0.3 is 0 Å². The minimum atomic E-state index is -2.37. The number of amides is 1. The summed E-state index contributed by atoms with van der Waals surface area (Å²) in [5, 5.41) is 1.48. The molecule has 0 saturated carbocycles. The Hall–Kier alpha value is -3.46. The number of fused-ring (bicyclic) bond motifs is 1. The molecule has 2 aromatic heterocycles. The number of aromatic nitrogens is 2. The smallest absolute Gasteiger partial charge is 0.229 e. The number of rotatable bonds is 8. The number of carbonyl (C=O) groups excluding carboxylic acids is 2. The highest BCUT2D eigenvalue weighted by atomic mass is 32.2. The zero-order chi connectivity index (χ0) is 29.7. The third-order valence-electron chi connectivity index (χ3n) is 8.95. The number of Topliss-reactive ketones (excluding diaryl/α,β-unsaturated/α-hetero) is 1. The number of nitrogens with zero attached hydrogens (tertiary/aromatic N) is 3. The highest BCUT2D eigenvalue weighted by molar-refractivity contribution is 8.01. The second-order valence-corrected chi connectivity index (χ2v) is 19.7. The Morgan fingerprint density at radius 3 is 1.81 bits per heavy atom. The molecule has 1 aliphatic rings. The Labute approximate surface area is 256 Å². The van der Waals surface area contributed by atoms with Crippen molar-refractivity contribution >= 4 is 48.0 Å². The second-order valence-electron chi connectivity index (χ2n) is 12.4. The third-order valence-corrected chi connectivity index (χ3v) is 17.1. The fraction of sp³-hybridized carbons (Fsp3) is 0.265. The fourth-order valence-electron chi connectivity index (χ4n) is 5.69. The molecule has 0 N–H and O–H groups in total. The molecule has 1 amide bonds. The van der Waals surface area contributed by atoms with Gasteiger partial charge in [-0.2, -0.15) is 0 Å². The van der Waals surface area contributed by atoms with Crippen molar-refractivity contribution in [3.63, 3.8) is 0 Å². The van der Waals surface area contributed by atoms with Crippen LogP contribution in [0.25, 0.3) is 4.96 Å². The maximum atomic E-state index is 14.2. The summed E-state index contributed by atoms with van der Waals surface area (Å²) in [7, 11) is -2.37. The Bertz CT molecular complexity index is 1600. The zero-order valence-corrected chi connectivity index (χ0v) is 27.2. The molecule has 5 nitrogen and oxygen atoms in total. The van der Waals surface area contributed by atoms with Gasteiger partial charge in [0.05, 0.1) is 10.1 Å². The quantitative estimate of drug-likeness (QED) is 0.0587. The van der Waals surface area contributed by atoms with Gasteiger partial charge in [0.15, 0.2) is 19.0 Å². The number of carbonyl (C=O) groups is 2. The van der Waals surface area contributed by atoms with E-state index in [0.717, 1.165) is 21.7 Å². The molecule has 0 bridgehead atoms. The molecule has 5 aromatic rings. The summed E-state index contributed by atoms with van der Waals surface area (Å²) in [6.45, 7) is 11.1. The Kier molecular flexibility index (Phi) is 7.28. The SMILES string of the molecule is CC(C)(C)[Si](C)(C)N1C(=O)C(C(=O)c2cn3ccsc3n2)C1SC(c1ccccc1)(c1ccccc1)c1ccccc1. The lowest BCUT2D eigenvalue weighted by molar-refractivity contribution is -0.140. The summed E-state index contributed by atoms with van der Waals surface area (Å²) in [6, 6.07) is 31.4. The zero-order valence-electron chi connectivity index (χ0n) is 24.5. The molecule has 1 aliphatic heterocycles. The lowest BCUT2D eigenvalue weighted by atomic mass is 9.84. The Morgan fingerprint density at radius 2 is 1.36 bits per heavy atom. The topological polar surface area (TPSA) is 54.7 Å². The minimum Gasteiger partial charge on any atom is -0.356 e. The van der Waals surface area contributed by atoms with Gasteiger partial charge < -0.3 is 4.57 Å². The highest BCUT2D eigenvalue weighted by Crippen LogP contribution is 2.57. The van der Waals surface area contributed by atoms with E-state index in [2.05, 4.69) is 116 Å². The number of imidazole rings is 1. The van der Waals surface area contributed by atoms with Gasteiger partial charge in [-0.1, -0.05) is 125 Å². The Morgan fingerprint density at radius 1 is 0.857 bits per heavy atom. The van der Waals surface area contributed by atoms with Crippen LogP contribution in [0.5, 0.6) is 0 Å². The van der Waals surface area contributed by atoms with Crippen molar-refractivity contribution in [3.05, 3.63) is 131 Å². The van der Waals surface area contributed by atoms with E-state index in [-0.39, 0.29) is 22.1 Å². The molecule has 3 heterocycles. The average Bonchev–Trinajstić information content (AvgIpc) is 3.59. The first-order valence-electron chi connectivity index (χ1n) is 14.2. The first kappa shape index (κ1) is 28.6. The van der Waals surface area contributed by atoms with Gasteiger partial charge in [-0.15, -0.1) is 23.1 Å². The molecule has 0 spiro atoms. The largest absolute Gasteiger partial charge is 0.356 e. The lowest BCUT2D eigenvalue weighted by Gasteiger charge is -2.59. The summed E-state index contributed by atoms with van der Waals surface area (Å²) in [5.41, 5.74) is 3.67. The van der Waals surface area contributed by atoms with Gasteiger partial charge in [-0.05, 0) is 21.7 Å². The maximum Gasteiger partial charge on any atom is 0.229 e. The predicted octanol–water partition coefficient (Wildman–Crippen LogP) is 8.09. The van der Waals surface area contributed by atoms with Crippen LogP contribution in [-0.4, -0.2) is 39.2 Å². The van der Waals surface area contributed by atoms with Crippen molar-refractivity contribution in [2.45, 2.75) is 49.0 Å². The molecule has 0 aliphatic carbocycles. The van der Waals surface area contributed by atoms with E-state index in [1.54, 1.807) is 18.0 Å². The minimum absolute atomic E-state index is 0.0801. The number of thioether (sulfide) groups is 1. The van der Waals surface area contributed by atoms with Crippen LogP contribution < -0.4 is 0 Å². The van der Waals surface area contributed by atoms with Crippen molar-refractivity contribution in [3.8, 4) is 0 Å². The van der Waals surface area contributed by atoms with Crippen molar-refractivity contribution in [2.75, 3.05) is 0 Å². The van der Waals surface area contributed by atoms with Crippen molar-refractivity contribution in [1.82, 2.24) is 14.0 Å². The van der Waals surface area contributed by atoms with Gasteiger partial charge in [-0.3, -0.25) is 14.0 Å². The molecule has 6 rings (SSSR count). The van der Waals surface area contributed by atoms with E-state index in [4.69, 9.17) is 0 Å². The number of ketones is 1. The molecule has 3 aromatic carbocycles. The summed E-state index contributed by atoms with van der Waals surface area (Å²) in [4.78, 5) is 33.8. The molecular weight excluding hydrogens is 575 g/mol. The van der Waals surface area contributed by atoms with E-state index in [1.165, 1.54) is 11.3 Å². The van der Waals surface area contributed by atoms with Gasteiger partial charge in [-0.25, -0.2) is 4.98 Å². The Balaban J connectivity index is 1.55. The average molecular weight is 610 g/mol. The molecule has 2 atom stereocenters. The normalized spacial score (nSPS) is 17.8. The monoisotopic (exact) mass is 609 g/mol. The first-order chi connectivity index (χ1) is 20.1. The van der Waals surface area contributed by atoms with Crippen LogP contribution in [0.15, 0.2) is 109 Å². The van der Waals surface area contributed by atoms with E-state index >= 15 is 0 Å². The fourth-order valence-corrected chi connectivity index (χ4v) is 11.3. The first-order valence-corrected chi connectivity index (χ1v) is 18.9. The molecule has 1 fully saturated rings. The molecule has 214 valence electrons. The van der Waals surface area contributed by atoms with E-state index in [0.29, 0.717) is 5.69 Å². The van der Waals surface area contributed by atoms with Crippen LogP contribution in [0.3, 0.4) is 0 Å². The number of hydrogen-bond acceptors (Lipinski definition) is 5. The van der Waals surface area contributed by atoms with Gasteiger partial charge in [0, 0.05) is 17.8 Å². The molecule has 1 saturated heterocycles. The molecule has 8 heteroatoms. The highest BCUT2D eigenvalue weighted by Gasteiger charge is 2.62. The summed E-state index contributed by atoms with van der Waals surface area (Å²) < 4.78 is 3.29. The number of benzene rings is 3. The van der Waals surface area contributed by atoms with Crippen LogP contribution in [0, 0.1) is 5.92 Å². The number of hydrogen-bond donors (Lipinski definition) is 0. The van der Waals surface area contributed by atoms with Crippen molar-refractivity contribution in [2.24, 2.45) is 5.92 Å². The molecular formula is C34H35N3O2S2Si. The number of thiazole rings is 1. The van der Waals surface area contributed by atoms with E-state index in [9.17, 15) is 9.59 Å². The van der Waals surface area contributed by atoms with Crippen molar-refractivity contribution < 1.29 is 9.59 Å². The van der Waals surface area contributed by atoms with Gasteiger partial charge in [0.1, 0.15) is 11.6 Å². The predicted molar refractivity (Wildman–Crippen MR) is 176 cm³/mol. The molecule has 0 radical (unpaired) electrons. The summed E-state index contributed by atoms with van der Waals surface area (Å²) >= 11 is 3.20. The third kappa shape index (κ3) is 4.56. The van der Waals surface area contributed by atoms with Crippen LogP contribution in [0.2, 0.25) is 18.1 Å². The summed E-state index contributed by atoms with van der Waals surface area (Å²) in [5.74, 6) is -1.10. The summed E-state index contributed by atoms with van der Waals surface area (Å²) in [6.07, 6.45) is 3.66. The lowest BCUT2D eigenvalue weighted by Crippen LogP contribution is -2.73. The van der Waals surface area contributed by atoms with Gasteiger partial charge in [0.2, 0.25) is 5.91 Å². The molecule has 2 unspecified atom stereocenters. The second kappa shape index (κ2) is 10.7. The van der Waals surface area contributed by atoms with Crippen molar-refractivity contribution in [1.29, 1.82) is 0 Å². The molecule has 42 heavy (non-hydrogen) atoms. The number of β-lactam (4-membered cyclic amide) rings is 1. The van der Waals surface area contributed by atoms with E-state index < -0.39 is 18.9 Å². The van der Waals surface area contributed by atoms with Crippen LogP contribution in [0.4, 0.5) is 0 Å². The van der Waals surface area contributed by atoms with Crippen LogP contribution in [-0.2, 0) is 9.54 Å². The van der Waals surface area contributed by atoms with Crippen LogP contribution in [0.1, 0.15) is 48.0 Å². The van der Waals surface area contributed by atoms with Gasteiger partial charge in [0.25, 0.3) is 0 Å². The standard InChI is InChI=1S/C34H35N3O2S2Si/c1-33(2,3)42(4,5)37-30(39)28(29(38)27-23-36-21-22-40-32(36)35-27)31(37)41-34(24-15-9-6-10-16-24,25-17-11-7-12-18-25)26-19-13-8-14-20-26/h6-23,28,31H,1-5H3. The van der Waals surface area contributed by atoms with Crippen LogP contribution >= 0.6 is 23.1 Å². The van der Waals surface area contributed by atoms with E-state index in [1.807, 2.05) is 34.2 Å².